The number of primary amides is 1. The smallest absolute Gasteiger partial charge is 0.252 e. The molecule has 1 saturated carbocycles. The van der Waals surface area contributed by atoms with Gasteiger partial charge in [-0.15, -0.1) is 0 Å². The zero-order valence-corrected chi connectivity index (χ0v) is 17.1. The zero-order valence-electron chi connectivity index (χ0n) is 17.1. The van der Waals surface area contributed by atoms with E-state index in [-0.39, 0.29) is 29.3 Å². The molecule has 3 rings (SSSR count). The van der Waals surface area contributed by atoms with E-state index in [1.54, 1.807) is 13.0 Å². The van der Waals surface area contributed by atoms with Gasteiger partial charge in [-0.05, 0) is 55.5 Å². The van der Waals surface area contributed by atoms with Gasteiger partial charge in [0, 0.05) is 31.2 Å². The van der Waals surface area contributed by atoms with E-state index in [0.717, 1.165) is 31.4 Å². The number of nitrogens with zero attached hydrogens (tertiary/aromatic N) is 1. The molecule has 2 amide bonds. The summed E-state index contributed by atoms with van der Waals surface area (Å²) in [5.74, 6) is -0.884. The van der Waals surface area contributed by atoms with E-state index in [2.05, 4.69) is 5.32 Å². The molecule has 0 saturated heterocycles. The zero-order chi connectivity index (χ0) is 21.7. The average Bonchev–Trinajstić information content (AvgIpc) is 2.73. The number of nitrogens with two attached hydrogens (primary N) is 1. The van der Waals surface area contributed by atoms with Crippen LogP contribution in [0.4, 0.5) is 5.69 Å². The third-order valence-corrected chi connectivity index (χ3v) is 5.71. The number of amides is 2. The fourth-order valence-electron chi connectivity index (χ4n) is 4.13. The van der Waals surface area contributed by atoms with E-state index in [0.29, 0.717) is 12.1 Å². The van der Waals surface area contributed by atoms with E-state index >= 15 is 0 Å². The van der Waals surface area contributed by atoms with E-state index in [1.165, 1.54) is 12.1 Å². The van der Waals surface area contributed by atoms with Crippen LogP contribution in [0.25, 0.3) is 0 Å². The Hall–Kier alpha value is -2.90. The summed E-state index contributed by atoms with van der Waals surface area (Å²) in [5.41, 5.74) is 6.70. The van der Waals surface area contributed by atoms with Crippen molar-refractivity contribution < 1.29 is 19.8 Å². The van der Waals surface area contributed by atoms with Gasteiger partial charge in [0.15, 0.2) is 0 Å². The van der Waals surface area contributed by atoms with Crippen molar-refractivity contribution in [3.8, 4) is 5.75 Å². The van der Waals surface area contributed by atoms with E-state index in [1.807, 2.05) is 35.2 Å². The normalized spacial score (nSPS) is 19.8. The lowest BCUT2D eigenvalue weighted by atomic mass is 9.89. The van der Waals surface area contributed by atoms with Crippen molar-refractivity contribution in [2.45, 2.75) is 50.8 Å². The number of phenols is 1. The summed E-state index contributed by atoms with van der Waals surface area (Å²) in [5, 5.41) is 23.5. The number of aliphatic hydroxyl groups is 1. The molecule has 0 heterocycles. The molecule has 1 aliphatic carbocycles. The molecule has 1 unspecified atom stereocenters. The minimum atomic E-state index is -0.820. The molecular formula is C23H29N3O4. The maximum Gasteiger partial charge on any atom is 0.252 e. The van der Waals surface area contributed by atoms with Gasteiger partial charge in [0.2, 0.25) is 5.91 Å². The van der Waals surface area contributed by atoms with Crippen LogP contribution in [0.3, 0.4) is 0 Å². The highest BCUT2D eigenvalue weighted by Crippen LogP contribution is 2.28. The topological polar surface area (TPSA) is 116 Å². The van der Waals surface area contributed by atoms with Crippen LogP contribution >= 0.6 is 0 Å². The molecular weight excluding hydrogens is 382 g/mol. The number of aromatic hydroxyl groups is 1. The van der Waals surface area contributed by atoms with Gasteiger partial charge < -0.3 is 26.2 Å². The first-order valence-electron chi connectivity index (χ1n) is 10.3. The van der Waals surface area contributed by atoms with Crippen LogP contribution in [0.1, 0.15) is 54.6 Å². The Kier molecular flexibility index (Phi) is 7.07. The number of para-hydroxylation sites is 1. The lowest BCUT2D eigenvalue weighted by molar-refractivity contribution is -0.117. The van der Waals surface area contributed by atoms with E-state index in [4.69, 9.17) is 5.73 Å². The second kappa shape index (κ2) is 9.73. The van der Waals surface area contributed by atoms with Gasteiger partial charge >= 0.3 is 0 Å². The van der Waals surface area contributed by atoms with Crippen LogP contribution in [0, 0.1) is 0 Å². The molecule has 1 aliphatic rings. The maximum absolute atomic E-state index is 12.2. The lowest BCUT2D eigenvalue weighted by Gasteiger charge is -2.37. The largest absolute Gasteiger partial charge is 0.507 e. The Balaban J connectivity index is 1.54. The second-order valence-electron chi connectivity index (χ2n) is 7.79. The van der Waals surface area contributed by atoms with E-state index < -0.39 is 12.0 Å². The summed E-state index contributed by atoms with van der Waals surface area (Å²) in [6.45, 7) is 1.93. The third kappa shape index (κ3) is 5.17. The SMILES string of the molecule is CC(=O)N(c1ccccc1)[C@H]1CC[C@H](NCC(O)c2ccc(O)c(C(N)=O)c2)CC1. The first kappa shape index (κ1) is 21.8. The summed E-state index contributed by atoms with van der Waals surface area (Å²) in [7, 11) is 0. The Labute approximate surface area is 176 Å². The van der Waals surface area contributed by atoms with Gasteiger partial charge in [-0.3, -0.25) is 9.59 Å². The number of anilines is 1. The molecule has 0 spiro atoms. The number of benzene rings is 2. The summed E-state index contributed by atoms with van der Waals surface area (Å²) in [4.78, 5) is 25.5. The van der Waals surface area contributed by atoms with Crippen LogP contribution in [0.15, 0.2) is 48.5 Å². The quantitative estimate of drug-likeness (QED) is 0.559. The van der Waals surface area contributed by atoms with Crippen molar-refractivity contribution in [3.63, 3.8) is 0 Å². The molecule has 7 nitrogen and oxygen atoms in total. The van der Waals surface area contributed by atoms with Crippen molar-refractivity contribution in [2.24, 2.45) is 5.73 Å². The molecule has 1 fully saturated rings. The van der Waals surface area contributed by atoms with Gasteiger partial charge in [0.25, 0.3) is 5.91 Å². The monoisotopic (exact) mass is 411 g/mol. The highest BCUT2D eigenvalue weighted by molar-refractivity contribution is 5.95. The van der Waals surface area contributed by atoms with Gasteiger partial charge in [-0.25, -0.2) is 0 Å². The van der Waals surface area contributed by atoms with Crippen molar-refractivity contribution in [3.05, 3.63) is 59.7 Å². The van der Waals surface area contributed by atoms with Crippen molar-refractivity contribution in [1.29, 1.82) is 0 Å². The molecule has 0 radical (unpaired) electrons. The van der Waals surface area contributed by atoms with Gasteiger partial charge in [0.1, 0.15) is 5.75 Å². The standard InChI is InChI=1S/C23H29N3O4/c1-15(27)26(18-5-3-2-4-6-18)19-10-8-17(9-11-19)25-14-22(29)16-7-12-21(28)20(13-16)23(24)30/h2-7,12-13,17,19,22,25,28-29H,8-11,14H2,1H3,(H2,24,30)/t17-,19-,22?. The predicted molar refractivity (Wildman–Crippen MR) is 115 cm³/mol. The molecule has 2 aromatic rings. The van der Waals surface area contributed by atoms with Crippen molar-refractivity contribution in [2.75, 3.05) is 11.4 Å². The van der Waals surface area contributed by atoms with Gasteiger partial charge in [-0.2, -0.15) is 0 Å². The van der Waals surface area contributed by atoms with Crippen molar-refractivity contribution in [1.82, 2.24) is 5.32 Å². The number of aliphatic hydroxyl groups excluding tert-OH is 1. The molecule has 2 aromatic carbocycles. The maximum atomic E-state index is 12.2. The molecule has 30 heavy (non-hydrogen) atoms. The van der Waals surface area contributed by atoms with Crippen LogP contribution in [-0.2, 0) is 4.79 Å². The highest BCUT2D eigenvalue weighted by Gasteiger charge is 2.28. The van der Waals surface area contributed by atoms with Crippen LogP contribution in [-0.4, -0.2) is 40.7 Å². The number of hydrogen-bond donors (Lipinski definition) is 4. The minimum Gasteiger partial charge on any atom is -0.507 e. The molecule has 0 aliphatic heterocycles. The summed E-state index contributed by atoms with van der Waals surface area (Å²) >= 11 is 0. The fraction of sp³-hybridized carbons (Fsp3) is 0.391. The fourth-order valence-corrected chi connectivity index (χ4v) is 4.13. The Bertz CT molecular complexity index is 879. The van der Waals surface area contributed by atoms with Gasteiger partial charge in [0.05, 0.1) is 11.7 Å². The van der Waals surface area contributed by atoms with Crippen LogP contribution in [0.5, 0.6) is 5.75 Å². The minimum absolute atomic E-state index is 0.00251. The van der Waals surface area contributed by atoms with E-state index in [9.17, 15) is 19.8 Å². The molecule has 5 N–H and O–H groups in total. The first-order valence-corrected chi connectivity index (χ1v) is 10.3. The summed E-state index contributed by atoms with van der Waals surface area (Å²) in [6, 6.07) is 14.5. The molecule has 1 atom stereocenters. The number of hydrogen-bond acceptors (Lipinski definition) is 5. The Morgan fingerprint density at radius 3 is 2.40 bits per heavy atom. The highest BCUT2D eigenvalue weighted by atomic mass is 16.3. The number of carbonyl (C=O) groups is 2. The summed E-state index contributed by atoms with van der Waals surface area (Å²) < 4.78 is 0. The second-order valence-corrected chi connectivity index (χ2v) is 7.79. The number of carbonyl (C=O) groups excluding carboxylic acids is 2. The first-order chi connectivity index (χ1) is 14.4. The Morgan fingerprint density at radius 1 is 1.13 bits per heavy atom. The molecule has 0 aromatic heterocycles. The molecule has 7 heteroatoms. The molecule has 0 bridgehead atoms. The van der Waals surface area contributed by atoms with Crippen LogP contribution < -0.4 is 16.0 Å². The van der Waals surface area contributed by atoms with Crippen molar-refractivity contribution >= 4 is 17.5 Å². The van der Waals surface area contributed by atoms with Gasteiger partial charge in [-0.1, -0.05) is 24.3 Å². The molecule has 160 valence electrons. The lowest BCUT2D eigenvalue weighted by Crippen LogP contribution is -2.45. The Morgan fingerprint density at radius 2 is 1.80 bits per heavy atom. The number of rotatable bonds is 7. The third-order valence-electron chi connectivity index (χ3n) is 5.71. The summed E-state index contributed by atoms with van der Waals surface area (Å²) in [6.07, 6.45) is 2.74. The average molecular weight is 412 g/mol. The van der Waals surface area contributed by atoms with Crippen LogP contribution in [0.2, 0.25) is 0 Å². The number of nitrogens with one attached hydrogen (secondary N) is 1. The predicted octanol–water partition coefficient (Wildman–Crippen LogP) is 2.48.